The lowest BCUT2D eigenvalue weighted by Gasteiger charge is -2.12. The predicted molar refractivity (Wildman–Crippen MR) is 308 cm³/mol. The Bertz CT molecular complexity index is 4230. The van der Waals surface area contributed by atoms with Gasteiger partial charge < -0.3 is 37.9 Å². The SMILES string of the molecule is CCc1nc2ccc(F)cc2n1-c1cc(N)nc(Nc2ccc(Cl)c(F)c2)n1.COc1ccc(Nc2nc(N)c(F)c(-n3c(C)nc4ccccc43)n2)cc1.Cc1nc2ccccc2n1-c1cc(N)nc(Nc2ccc(Cl)cc2)n1. The van der Waals surface area contributed by atoms with Crippen LogP contribution in [0.1, 0.15) is 24.4 Å². The van der Waals surface area contributed by atoms with E-state index in [0.29, 0.717) is 63.2 Å². The lowest BCUT2D eigenvalue weighted by molar-refractivity contribution is 0.415. The molecule has 0 fully saturated rings. The molecule has 24 heteroatoms. The largest absolute Gasteiger partial charge is 0.497 e. The van der Waals surface area contributed by atoms with Crippen LogP contribution in [0.3, 0.4) is 0 Å². The highest BCUT2D eigenvalue weighted by atomic mass is 35.5. The number of imidazole rings is 3. The monoisotopic (exact) mass is 1110 g/mol. The van der Waals surface area contributed by atoms with Crippen LogP contribution >= 0.6 is 23.2 Å². The molecular formula is C56H47Cl2F3N18O. The summed E-state index contributed by atoms with van der Waals surface area (Å²) in [6, 6.07) is 41.7. The minimum Gasteiger partial charge on any atom is -0.497 e. The third kappa shape index (κ3) is 11.6. The van der Waals surface area contributed by atoms with E-state index in [0.717, 1.165) is 45.0 Å². The number of nitrogens with two attached hydrogens (primary N) is 3. The molecule has 0 aliphatic carbocycles. The zero-order valence-corrected chi connectivity index (χ0v) is 44.5. The number of halogens is 5. The summed E-state index contributed by atoms with van der Waals surface area (Å²) in [4.78, 5) is 39.3. The Morgan fingerprint density at radius 3 is 1.64 bits per heavy atom. The molecular weight excluding hydrogens is 1070 g/mol. The van der Waals surface area contributed by atoms with Crippen molar-refractivity contribution in [2.24, 2.45) is 0 Å². The summed E-state index contributed by atoms with van der Waals surface area (Å²) in [5.41, 5.74) is 24.3. The van der Waals surface area contributed by atoms with Crippen LogP contribution < -0.4 is 37.9 Å². The second-order valence-corrected chi connectivity index (χ2v) is 18.4. The van der Waals surface area contributed by atoms with E-state index in [1.165, 1.54) is 24.3 Å². The molecule has 0 spiro atoms. The second-order valence-electron chi connectivity index (χ2n) is 17.6. The van der Waals surface area contributed by atoms with Gasteiger partial charge in [-0.05, 0) is 117 Å². The first-order chi connectivity index (χ1) is 38.6. The van der Waals surface area contributed by atoms with Gasteiger partial charge in [-0.3, -0.25) is 13.7 Å². The first-order valence-electron chi connectivity index (χ1n) is 24.4. The number of hydrogen-bond donors (Lipinski definition) is 6. The van der Waals surface area contributed by atoms with Crippen LogP contribution in [0.15, 0.2) is 146 Å². The molecule has 0 saturated carbocycles. The van der Waals surface area contributed by atoms with Crippen LogP contribution in [0.4, 0.5) is 65.5 Å². The summed E-state index contributed by atoms with van der Waals surface area (Å²) in [5, 5.41) is 9.77. The van der Waals surface area contributed by atoms with Gasteiger partial charge in [0.15, 0.2) is 11.6 Å². The number of para-hydroxylation sites is 4. The van der Waals surface area contributed by atoms with Crippen LogP contribution in [-0.2, 0) is 6.42 Å². The van der Waals surface area contributed by atoms with Crippen molar-refractivity contribution in [2.45, 2.75) is 27.2 Å². The van der Waals surface area contributed by atoms with Crippen LogP contribution in [0, 0.1) is 31.3 Å². The van der Waals surface area contributed by atoms with E-state index in [1.807, 2.05) is 79.1 Å². The average molecular weight is 1120 g/mol. The van der Waals surface area contributed by atoms with Gasteiger partial charge in [0.25, 0.3) is 0 Å². The number of rotatable bonds is 11. The Morgan fingerprint density at radius 1 is 0.512 bits per heavy atom. The fourth-order valence-corrected chi connectivity index (χ4v) is 8.76. The van der Waals surface area contributed by atoms with E-state index in [1.54, 1.807) is 83.8 Å². The summed E-state index contributed by atoms with van der Waals surface area (Å²) in [6.07, 6.45) is 0.603. The average Bonchev–Trinajstić information content (AvgIpc) is 4.31. The van der Waals surface area contributed by atoms with Crippen LogP contribution in [0.2, 0.25) is 10.0 Å². The zero-order chi connectivity index (χ0) is 56.2. The first-order valence-corrected chi connectivity index (χ1v) is 25.2. The molecule has 12 aromatic rings. The highest BCUT2D eigenvalue weighted by Crippen LogP contribution is 2.29. The third-order valence-electron chi connectivity index (χ3n) is 12.1. The molecule has 0 aliphatic heterocycles. The molecule has 19 nitrogen and oxygen atoms in total. The van der Waals surface area contributed by atoms with E-state index in [4.69, 9.17) is 45.1 Å². The Labute approximate surface area is 464 Å². The summed E-state index contributed by atoms with van der Waals surface area (Å²) >= 11 is 11.6. The van der Waals surface area contributed by atoms with Gasteiger partial charge in [0.2, 0.25) is 23.7 Å². The van der Waals surface area contributed by atoms with Crippen LogP contribution in [-0.4, -0.2) is 65.7 Å². The lowest BCUT2D eigenvalue weighted by atomic mass is 10.3. The number of anilines is 9. The van der Waals surface area contributed by atoms with Gasteiger partial charge in [-0.15, -0.1) is 0 Å². The molecule has 0 unspecified atom stereocenters. The van der Waals surface area contributed by atoms with Crippen molar-refractivity contribution in [1.29, 1.82) is 0 Å². The van der Waals surface area contributed by atoms with Crippen molar-refractivity contribution in [3.63, 3.8) is 0 Å². The summed E-state index contributed by atoms with van der Waals surface area (Å²) in [6.45, 7) is 5.66. The van der Waals surface area contributed by atoms with Crippen LogP contribution in [0.25, 0.3) is 50.6 Å². The van der Waals surface area contributed by atoms with Crippen molar-refractivity contribution in [3.05, 3.63) is 191 Å². The highest BCUT2D eigenvalue weighted by molar-refractivity contribution is 6.31. The zero-order valence-electron chi connectivity index (χ0n) is 43.0. The third-order valence-corrected chi connectivity index (χ3v) is 12.6. The Morgan fingerprint density at radius 2 is 1.04 bits per heavy atom. The van der Waals surface area contributed by atoms with Gasteiger partial charge in [-0.1, -0.05) is 54.4 Å². The maximum atomic E-state index is 14.7. The van der Waals surface area contributed by atoms with Gasteiger partial charge in [0, 0.05) is 46.7 Å². The molecule has 6 aromatic heterocycles. The van der Waals surface area contributed by atoms with Crippen molar-refractivity contribution >= 4 is 109 Å². The molecule has 6 heterocycles. The molecule has 9 N–H and O–H groups in total. The number of nitrogens with zero attached hydrogens (tertiary/aromatic N) is 12. The lowest BCUT2D eigenvalue weighted by Crippen LogP contribution is -2.10. The highest BCUT2D eigenvalue weighted by Gasteiger charge is 2.20. The maximum Gasteiger partial charge on any atom is 0.231 e. The normalized spacial score (nSPS) is 11.0. The van der Waals surface area contributed by atoms with Crippen molar-refractivity contribution in [2.75, 3.05) is 40.3 Å². The van der Waals surface area contributed by atoms with Gasteiger partial charge >= 0.3 is 0 Å². The molecule has 0 amide bonds. The standard InChI is InChI=1S/C19H15ClF2N6.C19H17FN6O.C18H15ClN6/c1-2-17-25-14-6-3-10(21)7-15(14)28(17)18-9-16(23)26-19(27-18)24-11-4-5-12(20)13(22)8-11;1-11-22-14-5-3-4-6-15(14)26(11)18-16(20)17(21)24-19(25-18)23-12-7-9-13(27-2)10-8-12;1-11-21-14-4-2-3-5-15(14)25(11)17-10-16(20)23-18(24-17)22-13-8-6-12(19)7-9-13/h3-9H,2H2,1H3,(H3,23,24,26,27);3-10H,1-2H3,(H3,21,23,24,25);2-10H,1H3,(H3,20,22,23,24). The quantitative estimate of drug-likeness (QED) is 0.0704. The van der Waals surface area contributed by atoms with Gasteiger partial charge in [0.05, 0.1) is 45.2 Å². The number of nitrogens with one attached hydrogen (secondary N) is 3. The van der Waals surface area contributed by atoms with Crippen molar-refractivity contribution in [3.8, 4) is 23.2 Å². The molecule has 12 rings (SSSR count). The minimum atomic E-state index is -0.693. The van der Waals surface area contributed by atoms with E-state index < -0.39 is 11.6 Å². The predicted octanol–water partition coefficient (Wildman–Crippen LogP) is 12.3. The molecule has 0 bridgehead atoms. The number of nitrogen functional groups attached to an aromatic ring is 3. The first kappa shape index (κ1) is 53.3. The molecule has 0 aliphatic rings. The van der Waals surface area contributed by atoms with Gasteiger partial charge in [0.1, 0.15) is 58.1 Å². The van der Waals surface area contributed by atoms with E-state index >= 15 is 0 Å². The molecule has 0 radical (unpaired) electrons. The van der Waals surface area contributed by atoms with E-state index in [9.17, 15) is 13.2 Å². The number of aromatic nitrogens is 12. The van der Waals surface area contributed by atoms with Crippen LogP contribution in [0.5, 0.6) is 5.75 Å². The van der Waals surface area contributed by atoms with E-state index in [-0.39, 0.29) is 40.2 Å². The second kappa shape index (κ2) is 22.9. The summed E-state index contributed by atoms with van der Waals surface area (Å²) in [7, 11) is 1.59. The smallest absolute Gasteiger partial charge is 0.231 e. The molecule has 80 heavy (non-hydrogen) atoms. The number of hydrogen-bond acceptors (Lipinski definition) is 16. The Kier molecular flexibility index (Phi) is 15.3. The number of fused-ring (bicyclic) bond motifs is 3. The van der Waals surface area contributed by atoms with Gasteiger partial charge in [-0.25, -0.2) is 23.7 Å². The molecule has 6 aromatic carbocycles. The molecule has 0 saturated heterocycles. The summed E-state index contributed by atoms with van der Waals surface area (Å²) in [5.74, 6) is 3.43. The summed E-state index contributed by atoms with van der Waals surface area (Å²) < 4.78 is 52.7. The fourth-order valence-electron chi connectivity index (χ4n) is 8.51. The van der Waals surface area contributed by atoms with Gasteiger partial charge in [-0.2, -0.15) is 34.3 Å². The maximum absolute atomic E-state index is 14.7. The molecule has 402 valence electrons. The minimum absolute atomic E-state index is 0.0132. The number of benzene rings is 6. The van der Waals surface area contributed by atoms with E-state index in [2.05, 4.69) is 60.8 Å². The topological polar surface area (TPSA) is 254 Å². The Hall–Kier alpha value is -10.1. The number of methoxy groups -OCH3 is 1. The number of ether oxygens (including phenoxy) is 1. The Balaban J connectivity index is 0.000000135. The number of aryl methyl sites for hydroxylation is 3. The van der Waals surface area contributed by atoms with Crippen molar-refractivity contribution < 1.29 is 17.9 Å². The van der Waals surface area contributed by atoms with Crippen molar-refractivity contribution in [1.82, 2.24) is 58.6 Å². The fraction of sp³-hybridized carbons (Fsp3) is 0.0893. The molecule has 0 atom stereocenters.